The molecule has 1 aromatic carbocycles. The normalized spacial score (nSPS) is 11.5. The Labute approximate surface area is 79.7 Å². The minimum Gasteiger partial charge on any atom is -0.282 e. The molecule has 13 heavy (non-hydrogen) atoms. The first-order valence-corrected chi connectivity index (χ1v) is 5.73. The third-order valence-electron chi connectivity index (χ3n) is 1.34. The molecule has 0 spiro atoms. The van der Waals surface area contributed by atoms with Crippen LogP contribution in [0.5, 0.6) is 0 Å². The van der Waals surface area contributed by atoms with Crippen molar-refractivity contribution in [1.82, 2.24) is 0 Å². The maximum Gasteiger partial charge on any atom is 0.295 e. The fourth-order valence-electron chi connectivity index (χ4n) is 0.841. The summed E-state index contributed by atoms with van der Waals surface area (Å²) >= 11 is 0.723. The molecule has 0 aliphatic heterocycles. The largest absolute Gasteiger partial charge is 0.295 e. The van der Waals surface area contributed by atoms with Gasteiger partial charge in [0.2, 0.25) is 0 Å². The summed E-state index contributed by atoms with van der Waals surface area (Å²) in [4.78, 5) is -0.0369. The van der Waals surface area contributed by atoms with Crippen LogP contribution in [0.25, 0.3) is 0 Å². The Morgan fingerprint density at radius 1 is 1.38 bits per heavy atom. The van der Waals surface area contributed by atoms with Crippen molar-refractivity contribution < 1.29 is 17.4 Å². The zero-order chi connectivity index (χ0) is 9.90. The Bertz CT molecular complexity index is 388. The summed E-state index contributed by atoms with van der Waals surface area (Å²) in [6.07, 6.45) is 0. The zero-order valence-electron chi connectivity index (χ0n) is 6.47. The van der Waals surface area contributed by atoms with Gasteiger partial charge in [-0.05, 0) is 12.1 Å². The predicted molar refractivity (Wildman–Crippen MR) is 48.1 cm³/mol. The maximum atomic E-state index is 11.9. The minimum absolute atomic E-state index is 0.215. The topological polar surface area (TPSA) is 54.4 Å². The van der Waals surface area contributed by atoms with E-state index in [1.165, 1.54) is 18.2 Å². The van der Waals surface area contributed by atoms with E-state index >= 15 is 0 Å². The lowest BCUT2D eigenvalue weighted by Crippen LogP contribution is -1.99. The monoisotopic (exact) mass is 222 g/mol. The molecule has 0 unspecified atom stereocenters. The van der Waals surface area contributed by atoms with Gasteiger partial charge in [0.25, 0.3) is 10.1 Å². The highest BCUT2D eigenvalue weighted by atomic mass is 32.2. The van der Waals surface area contributed by atoms with E-state index in [9.17, 15) is 12.8 Å². The zero-order valence-corrected chi connectivity index (χ0v) is 8.11. The maximum absolute atomic E-state index is 11.9. The van der Waals surface area contributed by atoms with Crippen molar-refractivity contribution >= 4 is 21.9 Å². The summed E-state index contributed by atoms with van der Waals surface area (Å²) < 4.78 is 42.2. The number of hydrogen-bond acceptors (Lipinski definition) is 3. The van der Waals surface area contributed by atoms with E-state index in [1.807, 2.05) is 0 Å². The Kier molecular flexibility index (Phi) is 3.29. The van der Waals surface area contributed by atoms with Gasteiger partial charge in [-0.15, -0.1) is 0 Å². The Morgan fingerprint density at radius 3 is 2.54 bits per heavy atom. The highest BCUT2D eigenvalue weighted by molar-refractivity contribution is 7.99. The summed E-state index contributed by atoms with van der Waals surface area (Å²) in [6.45, 7) is 0. The van der Waals surface area contributed by atoms with Crippen LogP contribution in [0.1, 0.15) is 0 Å². The summed E-state index contributed by atoms with van der Waals surface area (Å²) in [5.41, 5.74) is 0. The third-order valence-corrected chi connectivity index (χ3v) is 3.15. The van der Waals surface area contributed by atoms with Gasteiger partial charge >= 0.3 is 0 Å². The van der Waals surface area contributed by atoms with Gasteiger partial charge in [0.15, 0.2) is 0 Å². The lowest BCUT2D eigenvalue weighted by molar-refractivity contribution is 0.481. The van der Waals surface area contributed by atoms with Crippen molar-refractivity contribution in [2.45, 2.75) is 9.79 Å². The van der Waals surface area contributed by atoms with Gasteiger partial charge in [-0.25, -0.2) is 4.39 Å². The second-order valence-corrected chi connectivity index (χ2v) is 4.51. The Hall–Kier alpha value is -0.590. The van der Waals surface area contributed by atoms with Crippen molar-refractivity contribution in [1.29, 1.82) is 0 Å². The molecule has 6 heteroatoms. The molecule has 0 fully saturated rings. The van der Waals surface area contributed by atoms with Crippen LogP contribution in [-0.2, 0) is 10.1 Å². The van der Waals surface area contributed by atoms with Gasteiger partial charge in [0.05, 0.1) is 0 Å². The Morgan fingerprint density at radius 2 is 2.00 bits per heavy atom. The summed E-state index contributed by atoms with van der Waals surface area (Å²) in [5.74, 6) is 0. The SMILES string of the molecule is O=S(=O)(O)c1ccccc1SCF. The van der Waals surface area contributed by atoms with E-state index in [-0.39, 0.29) is 9.79 Å². The number of thioether (sulfide) groups is 1. The van der Waals surface area contributed by atoms with E-state index in [4.69, 9.17) is 4.55 Å². The average Bonchev–Trinajstić information content (AvgIpc) is 2.04. The number of rotatable bonds is 3. The van der Waals surface area contributed by atoms with E-state index in [2.05, 4.69) is 0 Å². The van der Waals surface area contributed by atoms with E-state index < -0.39 is 16.1 Å². The van der Waals surface area contributed by atoms with Crippen molar-refractivity contribution in [3.8, 4) is 0 Å². The van der Waals surface area contributed by atoms with Crippen molar-refractivity contribution in [2.75, 3.05) is 6.01 Å². The molecule has 0 heterocycles. The van der Waals surface area contributed by atoms with Gasteiger partial charge in [0.1, 0.15) is 10.9 Å². The fraction of sp³-hybridized carbons (Fsp3) is 0.143. The van der Waals surface area contributed by atoms with Crippen LogP contribution in [-0.4, -0.2) is 19.0 Å². The summed E-state index contributed by atoms with van der Waals surface area (Å²) in [7, 11) is -4.24. The molecule has 0 radical (unpaired) electrons. The molecule has 1 N–H and O–H groups in total. The van der Waals surface area contributed by atoms with Crippen LogP contribution in [0.3, 0.4) is 0 Å². The molecule has 0 saturated heterocycles. The average molecular weight is 222 g/mol. The summed E-state index contributed by atoms with van der Waals surface area (Å²) in [6, 6.07) is 4.98. The molecule has 1 rings (SSSR count). The van der Waals surface area contributed by atoms with Crippen LogP contribution in [0.2, 0.25) is 0 Å². The van der Waals surface area contributed by atoms with E-state index in [1.54, 1.807) is 6.07 Å². The smallest absolute Gasteiger partial charge is 0.282 e. The highest BCUT2D eigenvalue weighted by Gasteiger charge is 2.14. The van der Waals surface area contributed by atoms with Crippen LogP contribution in [0.4, 0.5) is 4.39 Å². The van der Waals surface area contributed by atoms with Crippen molar-refractivity contribution in [3.63, 3.8) is 0 Å². The molecule has 3 nitrogen and oxygen atoms in total. The molecule has 72 valence electrons. The van der Waals surface area contributed by atoms with Crippen LogP contribution < -0.4 is 0 Å². The number of halogens is 1. The molecule has 0 saturated carbocycles. The first-order chi connectivity index (χ1) is 6.05. The van der Waals surface area contributed by atoms with Crippen molar-refractivity contribution in [3.05, 3.63) is 24.3 Å². The number of hydrogen-bond donors (Lipinski definition) is 1. The number of alkyl halides is 1. The lowest BCUT2D eigenvalue weighted by Gasteiger charge is -2.02. The van der Waals surface area contributed by atoms with Gasteiger partial charge in [-0.1, -0.05) is 23.9 Å². The molecular weight excluding hydrogens is 215 g/mol. The number of benzene rings is 1. The Balaban J connectivity index is 3.20. The second kappa shape index (κ2) is 4.08. The quantitative estimate of drug-likeness (QED) is 0.627. The minimum atomic E-state index is -4.24. The standard InChI is InChI=1S/C7H7FO3S2/c8-5-12-6-3-1-2-4-7(6)13(9,10)11/h1-4H,5H2,(H,9,10,11). The lowest BCUT2D eigenvalue weighted by atomic mass is 10.4. The molecule has 0 amide bonds. The van der Waals surface area contributed by atoms with E-state index in [0.717, 1.165) is 11.8 Å². The van der Waals surface area contributed by atoms with Gasteiger partial charge in [-0.3, -0.25) is 4.55 Å². The molecule has 0 atom stereocenters. The summed E-state index contributed by atoms with van der Waals surface area (Å²) in [5, 5.41) is 0. The molecule has 0 aliphatic carbocycles. The van der Waals surface area contributed by atoms with E-state index in [0.29, 0.717) is 0 Å². The molecule has 1 aromatic rings. The molecular formula is C7H7FO3S2. The third kappa shape index (κ3) is 2.68. The second-order valence-electron chi connectivity index (χ2n) is 2.18. The van der Waals surface area contributed by atoms with Crippen LogP contribution in [0.15, 0.2) is 34.1 Å². The van der Waals surface area contributed by atoms with Gasteiger partial charge in [-0.2, -0.15) is 8.42 Å². The molecule has 0 aromatic heterocycles. The van der Waals surface area contributed by atoms with Crippen LogP contribution in [0, 0.1) is 0 Å². The highest BCUT2D eigenvalue weighted by Crippen LogP contribution is 2.25. The molecule has 0 aliphatic rings. The predicted octanol–water partition coefficient (Wildman–Crippen LogP) is 1.95. The molecule has 0 bridgehead atoms. The van der Waals surface area contributed by atoms with Crippen molar-refractivity contribution in [2.24, 2.45) is 0 Å². The first-order valence-electron chi connectivity index (χ1n) is 3.31. The first kappa shape index (κ1) is 10.5. The fourth-order valence-corrected chi connectivity index (χ4v) is 2.41. The van der Waals surface area contributed by atoms with Crippen LogP contribution >= 0.6 is 11.8 Å². The van der Waals surface area contributed by atoms with Gasteiger partial charge < -0.3 is 0 Å². The van der Waals surface area contributed by atoms with Gasteiger partial charge in [0, 0.05) is 4.90 Å².